The lowest BCUT2D eigenvalue weighted by Gasteiger charge is -2.31. The molecule has 3 aromatic heterocycles. The third-order valence-corrected chi connectivity index (χ3v) is 4.09. The van der Waals surface area contributed by atoms with Crippen LogP contribution in [-0.2, 0) is 6.54 Å². The van der Waals surface area contributed by atoms with E-state index in [4.69, 9.17) is 5.73 Å². The van der Waals surface area contributed by atoms with Gasteiger partial charge in [0, 0.05) is 48.2 Å². The molecule has 1 aliphatic carbocycles. The monoisotopic (exact) mass is 295 g/mol. The second kappa shape index (κ2) is 5.34. The molecule has 0 amide bonds. The standard InChI is InChI=1S/C15H17N7/c16-12-4-10(5-12)13-6-14(20-9-19-13)18-7-11-8-21-22-3-1-2-17-15(11)22/h1-3,6,8-10,12H,4-5,7,16H2,(H,18,19,20). The van der Waals surface area contributed by atoms with Crippen LogP contribution in [0.2, 0.25) is 0 Å². The average Bonchev–Trinajstić information content (AvgIpc) is 2.93. The Morgan fingerprint density at radius 1 is 1.27 bits per heavy atom. The van der Waals surface area contributed by atoms with Gasteiger partial charge in [0.25, 0.3) is 0 Å². The van der Waals surface area contributed by atoms with Crippen molar-refractivity contribution in [3.63, 3.8) is 0 Å². The Balaban J connectivity index is 1.48. The Morgan fingerprint density at radius 2 is 2.18 bits per heavy atom. The molecule has 0 spiro atoms. The number of rotatable bonds is 4. The Morgan fingerprint density at radius 3 is 3.05 bits per heavy atom. The lowest BCUT2D eigenvalue weighted by atomic mass is 9.79. The number of anilines is 1. The zero-order valence-corrected chi connectivity index (χ0v) is 12.1. The van der Waals surface area contributed by atoms with Crippen LogP contribution in [0.5, 0.6) is 0 Å². The summed E-state index contributed by atoms with van der Waals surface area (Å²) in [7, 11) is 0. The van der Waals surface area contributed by atoms with Gasteiger partial charge < -0.3 is 11.1 Å². The highest BCUT2D eigenvalue weighted by atomic mass is 15.2. The molecule has 0 radical (unpaired) electrons. The van der Waals surface area contributed by atoms with Gasteiger partial charge in [-0.1, -0.05) is 0 Å². The molecule has 0 atom stereocenters. The fraction of sp³-hybridized carbons (Fsp3) is 0.333. The predicted molar refractivity (Wildman–Crippen MR) is 82.3 cm³/mol. The molecule has 0 unspecified atom stereocenters. The minimum atomic E-state index is 0.321. The molecule has 3 N–H and O–H groups in total. The largest absolute Gasteiger partial charge is 0.366 e. The van der Waals surface area contributed by atoms with Crippen molar-refractivity contribution < 1.29 is 0 Å². The fourth-order valence-corrected chi connectivity index (χ4v) is 2.78. The lowest BCUT2D eigenvalue weighted by molar-refractivity contribution is 0.345. The van der Waals surface area contributed by atoms with E-state index in [-0.39, 0.29) is 0 Å². The molecule has 3 heterocycles. The number of fused-ring (bicyclic) bond motifs is 1. The Labute approximate surface area is 127 Å². The van der Waals surface area contributed by atoms with E-state index in [9.17, 15) is 0 Å². The highest BCUT2D eigenvalue weighted by Crippen LogP contribution is 2.34. The first kappa shape index (κ1) is 13.1. The molecule has 1 fully saturated rings. The molecule has 0 bridgehead atoms. The molecular weight excluding hydrogens is 278 g/mol. The molecule has 0 aliphatic heterocycles. The van der Waals surface area contributed by atoms with Crippen molar-refractivity contribution in [3.05, 3.63) is 48.3 Å². The van der Waals surface area contributed by atoms with Gasteiger partial charge in [-0.2, -0.15) is 5.10 Å². The molecular formula is C15H17N7. The zero-order valence-electron chi connectivity index (χ0n) is 12.1. The van der Waals surface area contributed by atoms with E-state index < -0.39 is 0 Å². The van der Waals surface area contributed by atoms with E-state index in [2.05, 4.69) is 25.4 Å². The van der Waals surface area contributed by atoms with Crippen LogP contribution in [0.1, 0.15) is 30.0 Å². The number of hydrogen-bond acceptors (Lipinski definition) is 6. The maximum absolute atomic E-state index is 5.84. The van der Waals surface area contributed by atoms with Gasteiger partial charge in [-0.3, -0.25) is 0 Å². The Bertz CT molecular complexity index is 791. The molecule has 7 heteroatoms. The first-order valence-corrected chi connectivity index (χ1v) is 7.38. The molecule has 1 saturated carbocycles. The van der Waals surface area contributed by atoms with Crippen LogP contribution in [0.4, 0.5) is 5.82 Å². The molecule has 7 nitrogen and oxygen atoms in total. The summed E-state index contributed by atoms with van der Waals surface area (Å²) >= 11 is 0. The van der Waals surface area contributed by atoms with Gasteiger partial charge in [-0.25, -0.2) is 19.5 Å². The highest BCUT2D eigenvalue weighted by molar-refractivity contribution is 5.48. The van der Waals surface area contributed by atoms with E-state index in [1.54, 1.807) is 17.0 Å². The van der Waals surface area contributed by atoms with Crippen molar-refractivity contribution >= 4 is 11.5 Å². The maximum Gasteiger partial charge on any atom is 0.159 e. The number of hydrogen-bond donors (Lipinski definition) is 2. The molecule has 3 aromatic rings. The Kier molecular flexibility index (Phi) is 3.19. The van der Waals surface area contributed by atoms with Gasteiger partial charge in [0.1, 0.15) is 12.1 Å². The van der Waals surface area contributed by atoms with Gasteiger partial charge in [0.15, 0.2) is 5.65 Å². The molecule has 1 aliphatic rings. The third-order valence-electron chi connectivity index (χ3n) is 4.09. The summed E-state index contributed by atoms with van der Waals surface area (Å²) in [5, 5.41) is 7.59. The van der Waals surface area contributed by atoms with E-state index in [0.29, 0.717) is 18.5 Å². The molecule has 112 valence electrons. The average molecular weight is 295 g/mol. The van der Waals surface area contributed by atoms with Crippen molar-refractivity contribution in [2.24, 2.45) is 5.73 Å². The minimum Gasteiger partial charge on any atom is -0.366 e. The van der Waals surface area contributed by atoms with Crippen LogP contribution < -0.4 is 11.1 Å². The topological polar surface area (TPSA) is 94.0 Å². The number of aromatic nitrogens is 5. The fourth-order valence-electron chi connectivity index (χ4n) is 2.78. The summed E-state index contributed by atoms with van der Waals surface area (Å²) in [6, 6.07) is 4.19. The van der Waals surface area contributed by atoms with E-state index in [0.717, 1.165) is 35.6 Å². The van der Waals surface area contributed by atoms with Gasteiger partial charge >= 0.3 is 0 Å². The Hall–Kier alpha value is -2.54. The van der Waals surface area contributed by atoms with Crippen LogP contribution in [-0.4, -0.2) is 30.6 Å². The molecule has 4 rings (SSSR count). The van der Waals surface area contributed by atoms with Gasteiger partial charge in [0.05, 0.1) is 6.20 Å². The van der Waals surface area contributed by atoms with E-state index in [1.807, 2.05) is 24.5 Å². The van der Waals surface area contributed by atoms with Crippen molar-refractivity contribution in [3.8, 4) is 0 Å². The second-order valence-corrected chi connectivity index (χ2v) is 5.67. The molecule has 22 heavy (non-hydrogen) atoms. The molecule has 0 aromatic carbocycles. The predicted octanol–water partition coefficient (Wildman–Crippen LogP) is 1.34. The van der Waals surface area contributed by atoms with Crippen LogP contribution in [0.15, 0.2) is 37.1 Å². The van der Waals surface area contributed by atoms with Crippen LogP contribution in [0.25, 0.3) is 5.65 Å². The smallest absolute Gasteiger partial charge is 0.159 e. The quantitative estimate of drug-likeness (QED) is 0.754. The maximum atomic E-state index is 5.84. The van der Waals surface area contributed by atoms with Crippen molar-refractivity contribution in [2.75, 3.05) is 5.32 Å². The molecule has 0 saturated heterocycles. The minimum absolute atomic E-state index is 0.321. The third kappa shape index (κ3) is 2.39. The van der Waals surface area contributed by atoms with E-state index in [1.165, 1.54) is 0 Å². The lowest BCUT2D eigenvalue weighted by Crippen LogP contribution is -2.35. The summed E-state index contributed by atoms with van der Waals surface area (Å²) in [5.41, 5.74) is 8.80. The summed E-state index contributed by atoms with van der Waals surface area (Å²) in [4.78, 5) is 13.0. The first-order chi connectivity index (χ1) is 10.8. The van der Waals surface area contributed by atoms with Crippen molar-refractivity contribution in [1.82, 2.24) is 24.6 Å². The number of nitrogens with two attached hydrogens (primary N) is 1. The van der Waals surface area contributed by atoms with Crippen LogP contribution in [0, 0.1) is 0 Å². The van der Waals surface area contributed by atoms with Gasteiger partial charge in [-0.15, -0.1) is 0 Å². The van der Waals surface area contributed by atoms with Crippen LogP contribution in [0.3, 0.4) is 0 Å². The number of nitrogens with one attached hydrogen (secondary N) is 1. The first-order valence-electron chi connectivity index (χ1n) is 7.38. The van der Waals surface area contributed by atoms with Gasteiger partial charge in [-0.05, 0) is 18.9 Å². The SMILES string of the molecule is NC1CC(c2cc(NCc3cnn4cccnc34)ncn2)C1. The highest BCUT2D eigenvalue weighted by Gasteiger charge is 2.28. The zero-order chi connectivity index (χ0) is 14.9. The van der Waals surface area contributed by atoms with Crippen molar-refractivity contribution in [1.29, 1.82) is 0 Å². The van der Waals surface area contributed by atoms with Crippen LogP contribution >= 0.6 is 0 Å². The summed E-state index contributed by atoms with van der Waals surface area (Å²) in [5.74, 6) is 1.29. The summed E-state index contributed by atoms with van der Waals surface area (Å²) in [6.07, 6.45) is 9.10. The number of nitrogens with zero attached hydrogens (tertiary/aromatic N) is 5. The van der Waals surface area contributed by atoms with E-state index >= 15 is 0 Å². The summed E-state index contributed by atoms with van der Waals surface area (Å²) in [6.45, 7) is 0.626. The second-order valence-electron chi connectivity index (χ2n) is 5.67. The van der Waals surface area contributed by atoms with Gasteiger partial charge in [0.2, 0.25) is 0 Å². The summed E-state index contributed by atoms with van der Waals surface area (Å²) < 4.78 is 1.76. The van der Waals surface area contributed by atoms with Crippen molar-refractivity contribution in [2.45, 2.75) is 31.3 Å². The normalized spacial score (nSPS) is 20.8.